The van der Waals surface area contributed by atoms with E-state index in [9.17, 15) is 9.18 Å². The number of rotatable bonds is 4. The molecule has 0 fully saturated rings. The molecular formula is C10H8FN3O3. The maximum atomic E-state index is 12.7. The number of ether oxygens (including phenoxy) is 1. The second-order valence-electron chi connectivity index (χ2n) is 3.14. The number of hydrogen-bond acceptors (Lipinski definition) is 4. The molecular weight excluding hydrogens is 229 g/mol. The Balaban J connectivity index is 2.10. The molecule has 0 aliphatic rings. The van der Waals surface area contributed by atoms with Crippen LogP contribution in [-0.2, 0) is 4.79 Å². The minimum atomic E-state index is -1.07. The van der Waals surface area contributed by atoms with Crippen LogP contribution in [0, 0.1) is 5.82 Å². The van der Waals surface area contributed by atoms with E-state index in [0.717, 1.165) is 6.20 Å². The molecule has 7 heteroatoms. The molecule has 2 aromatic heterocycles. The van der Waals surface area contributed by atoms with Crippen molar-refractivity contribution in [2.24, 2.45) is 0 Å². The molecule has 88 valence electrons. The summed E-state index contributed by atoms with van der Waals surface area (Å²) in [5.41, 5.74) is 0. The van der Waals surface area contributed by atoms with E-state index in [1.807, 2.05) is 0 Å². The van der Waals surface area contributed by atoms with Crippen LogP contribution in [0.25, 0.3) is 5.82 Å². The van der Waals surface area contributed by atoms with E-state index in [1.165, 1.54) is 23.1 Å². The van der Waals surface area contributed by atoms with Crippen LogP contribution in [-0.4, -0.2) is 32.4 Å². The van der Waals surface area contributed by atoms with Gasteiger partial charge in [-0.05, 0) is 12.1 Å². The normalized spacial score (nSPS) is 10.2. The van der Waals surface area contributed by atoms with Crippen molar-refractivity contribution in [3.05, 3.63) is 36.5 Å². The Labute approximate surface area is 95.3 Å². The highest BCUT2D eigenvalue weighted by atomic mass is 19.1. The summed E-state index contributed by atoms with van der Waals surface area (Å²) in [5, 5.41) is 12.1. The Morgan fingerprint density at radius 2 is 2.29 bits per heavy atom. The van der Waals surface area contributed by atoms with Gasteiger partial charge in [-0.15, -0.1) is 0 Å². The predicted octanol–water partition coefficient (Wildman–Crippen LogP) is 0.870. The van der Waals surface area contributed by atoms with Crippen LogP contribution < -0.4 is 4.74 Å². The van der Waals surface area contributed by atoms with Gasteiger partial charge >= 0.3 is 5.97 Å². The summed E-state index contributed by atoms with van der Waals surface area (Å²) in [5.74, 6) is -0.790. The first-order valence-corrected chi connectivity index (χ1v) is 4.66. The van der Waals surface area contributed by atoms with E-state index < -0.39 is 18.4 Å². The van der Waals surface area contributed by atoms with Crippen LogP contribution in [0.2, 0.25) is 0 Å². The van der Waals surface area contributed by atoms with Gasteiger partial charge in [-0.2, -0.15) is 5.10 Å². The number of aliphatic carboxylic acids is 1. The third-order valence-electron chi connectivity index (χ3n) is 1.87. The van der Waals surface area contributed by atoms with E-state index >= 15 is 0 Å². The molecule has 0 aromatic carbocycles. The van der Waals surface area contributed by atoms with Gasteiger partial charge in [-0.3, -0.25) is 0 Å². The summed E-state index contributed by atoms with van der Waals surface area (Å²) >= 11 is 0. The van der Waals surface area contributed by atoms with Crippen LogP contribution in [0.4, 0.5) is 4.39 Å². The van der Waals surface area contributed by atoms with Gasteiger partial charge in [0.1, 0.15) is 5.75 Å². The Hall–Kier alpha value is -2.44. The number of carboxylic acid groups (broad SMARTS) is 1. The summed E-state index contributed by atoms with van der Waals surface area (Å²) < 4.78 is 18.9. The molecule has 0 spiro atoms. The van der Waals surface area contributed by atoms with Crippen molar-refractivity contribution in [1.29, 1.82) is 0 Å². The van der Waals surface area contributed by atoms with Crippen LogP contribution in [0.3, 0.4) is 0 Å². The summed E-state index contributed by atoms with van der Waals surface area (Å²) in [7, 11) is 0. The third kappa shape index (κ3) is 2.77. The van der Waals surface area contributed by atoms with Gasteiger partial charge in [0.15, 0.2) is 18.2 Å². The average Bonchev–Trinajstić information content (AvgIpc) is 2.74. The standard InChI is InChI=1S/C10H8FN3O3/c11-7-3-13-14(5-7)9-2-1-8(4-12-9)17-6-10(15)16/h1-5H,6H2,(H,15,16). The minimum absolute atomic E-state index is 0.323. The highest BCUT2D eigenvalue weighted by molar-refractivity contribution is 5.68. The number of aromatic nitrogens is 3. The van der Waals surface area contributed by atoms with Gasteiger partial charge in [0.2, 0.25) is 0 Å². The lowest BCUT2D eigenvalue weighted by molar-refractivity contribution is -0.139. The molecule has 0 aliphatic carbocycles. The van der Waals surface area contributed by atoms with E-state index in [2.05, 4.69) is 10.1 Å². The van der Waals surface area contributed by atoms with Gasteiger partial charge in [0.25, 0.3) is 0 Å². The number of hydrogen-bond donors (Lipinski definition) is 1. The second kappa shape index (κ2) is 4.60. The largest absolute Gasteiger partial charge is 0.480 e. The van der Waals surface area contributed by atoms with Gasteiger partial charge < -0.3 is 9.84 Å². The Morgan fingerprint density at radius 1 is 1.47 bits per heavy atom. The zero-order chi connectivity index (χ0) is 12.3. The first kappa shape index (κ1) is 11.1. The zero-order valence-corrected chi connectivity index (χ0v) is 8.58. The lowest BCUT2D eigenvalue weighted by Gasteiger charge is -2.03. The lowest BCUT2D eigenvalue weighted by atomic mass is 10.4. The van der Waals surface area contributed by atoms with Crippen molar-refractivity contribution in [3.63, 3.8) is 0 Å². The van der Waals surface area contributed by atoms with Crippen LogP contribution in [0.5, 0.6) is 5.75 Å². The molecule has 1 N–H and O–H groups in total. The molecule has 2 rings (SSSR count). The predicted molar refractivity (Wildman–Crippen MR) is 54.4 cm³/mol. The average molecular weight is 237 g/mol. The molecule has 0 amide bonds. The van der Waals surface area contributed by atoms with Crippen molar-refractivity contribution in [3.8, 4) is 11.6 Å². The van der Waals surface area contributed by atoms with Gasteiger partial charge in [0.05, 0.1) is 18.6 Å². The lowest BCUT2D eigenvalue weighted by Crippen LogP contribution is -2.09. The number of halogens is 1. The highest BCUT2D eigenvalue weighted by Crippen LogP contribution is 2.11. The molecule has 17 heavy (non-hydrogen) atoms. The fourth-order valence-corrected chi connectivity index (χ4v) is 1.16. The van der Waals surface area contributed by atoms with Crippen LogP contribution in [0.1, 0.15) is 0 Å². The van der Waals surface area contributed by atoms with Gasteiger partial charge in [-0.1, -0.05) is 0 Å². The topological polar surface area (TPSA) is 77.2 Å². The number of carboxylic acids is 1. The highest BCUT2D eigenvalue weighted by Gasteiger charge is 2.03. The third-order valence-corrected chi connectivity index (χ3v) is 1.87. The smallest absolute Gasteiger partial charge is 0.341 e. The van der Waals surface area contributed by atoms with Gasteiger partial charge in [-0.25, -0.2) is 18.9 Å². The fourth-order valence-electron chi connectivity index (χ4n) is 1.16. The van der Waals surface area contributed by atoms with Crippen molar-refractivity contribution in [2.45, 2.75) is 0 Å². The summed E-state index contributed by atoms with van der Waals surface area (Å²) in [6.45, 7) is -0.433. The van der Waals surface area contributed by atoms with E-state index in [0.29, 0.717) is 11.6 Å². The van der Waals surface area contributed by atoms with Crippen LogP contribution >= 0.6 is 0 Å². The second-order valence-corrected chi connectivity index (χ2v) is 3.14. The quantitative estimate of drug-likeness (QED) is 0.853. The number of pyridine rings is 1. The molecule has 0 saturated carbocycles. The van der Waals surface area contributed by atoms with E-state index in [-0.39, 0.29) is 0 Å². The van der Waals surface area contributed by atoms with Crippen molar-refractivity contribution in [1.82, 2.24) is 14.8 Å². The SMILES string of the molecule is O=C(O)COc1ccc(-n2cc(F)cn2)nc1. The molecule has 0 saturated heterocycles. The maximum Gasteiger partial charge on any atom is 0.341 e. The Kier molecular flexibility index (Phi) is 2.99. The fraction of sp³-hybridized carbons (Fsp3) is 0.100. The van der Waals surface area contributed by atoms with Crippen molar-refractivity contribution < 1.29 is 19.0 Å². The summed E-state index contributed by atoms with van der Waals surface area (Å²) in [6, 6.07) is 3.08. The Bertz CT molecular complexity index is 524. The first-order valence-electron chi connectivity index (χ1n) is 4.66. The van der Waals surface area contributed by atoms with E-state index in [1.54, 1.807) is 6.07 Å². The molecule has 6 nitrogen and oxygen atoms in total. The molecule has 0 atom stereocenters. The Morgan fingerprint density at radius 3 is 2.82 bits per heavy atom. The van der Waals surface area contributed by atoms with E-state index in [4.69, 9.17) is 9.84 Å². The van der Waals surface area contributed by atoms with Crippen molar-refractivity contribution in [2.75, 3.05) is 6.61 Å². The zero-order valence-electron chi connectivity index (χ0n) is 8.58. The molecule has 0 bridgehead atoms. The minimum Gasteiger partial charge on any atom is -0.480 e. The maximum absolute atomic E-state index is 12.7. The molecule has 0 aliphatic heterocycles. The number of carbonyl (C=O) groups is 1. The summed E-state index contributed by atoms with van der Waals surface area (Å²) in [4.78, 5) is 14.2. The van der Waals surface area contributed by atoms with Crippen LogP contribution in [0.15, 0.2) is 30.7 Å². The monoisotopic (exact) mass is 237 g/mol. The summed E-state index contributed by atoms with van der Waals surface area (Å²) in [6.07, 6.45) is 3.59. The first-order chi connectivity index (χ1) is 8.15. The molecule has 2 aromatic rings. The number of nitrogens with zero attached hydrogens (tertiary/aromatic N) is 3. The van der Waals surface area contributed by atoms with Crippen molar-refractivity contribution >= 4 is 5.97 Å². The molecule has 2 heterocycles. The molecule has 0 unspecified atom stereocenters. The molecule has 0 radical (unpaired) electrons. The van der Waals surface area contributed by atoms with Gasteiger partial charge in [0, 0.05) is 0 Å².